The summed E-state index contributed by atoms with van der Waals surface area (Å²) in [5.41, 5.74) is 1.28. The standard InChI is InChI=1S/C18H31N3O/c1-6-22-17(15(2)3)12-13-20-18(19-4)21(5)14-16-10-8-7-9-11-16/h7-11,15,17H,6,12-14H2,1-5H3,(H,19,20). The zero-order valence-electron chi connectivity index (χ0n) is 14.7. The first-order valence-electron chi connectivity index (χ1n) is 8.15. The van der Waals surface area contributed by atoms with Gasteiger partial charge in [0.2, 0.25) is 0 Å². The molecule has 1 N–H and O–H groups in total. The molecule has 0 bridgehead atoms. The summed E-state index contributed by atoms with van der Waals surface area (Å²) < 4.78 is 5.78. The summed E-state index contributed by atoms with van der Waals surface area (Å²) in [5, 5.41) is 3.43. The molecule has 0 aliphatic heterocycles. The maximum absolute atomic E-state index is 5.78. The lowest BCUT2D eigenvalue weighted by molar-refractivity contribution is 0.0257. The molecule has 0 aromatic heterocycles. The van der Waals surface area contributed by atoms with Crippen LogP contribution < -0.4 is 5.32 Å². The molecule has 1 atom stereocenters. The average Bonchev–Trinajstić information content (AvgIpc) is 2.51. The van der Waals surface area contributed by atoms with Gasteiger partial charge in [-0.15, -0.1) is 0 Å². The van der Waals surface area contributed by atoms with Gasteiger partial charge >= 0.3 is 0 Å². The van der Waals surface area contributed by atoms with E-state index < -0.39 is 0 Å². The molecule has 1 rings (SSSR count). The fraction of sp³-hybridized carbons (Fsp3) is 0.611. The summed E-state index contributed by atoms with van der Waals surface area (Å²) in [6.07, 6.45) is 1.29. The molecule has 1 unspecified atom stereocenters. The van der Waals surface area contributed by atoms with Crippen molar-refractivity contribution in [2.24, 2.45) is 10.9 Å². The van der Waals surface area contributed by atoms with E-state index in [0.717, 1.165) is 32.1 Å². The quantitative estimate of drug-likeness (QED) is 0.592. The van der Waals surface area contributed by atoms with E-state index in [-0.39, 0.29) is 0 Å². The Hall–Kier alpha value is -1.55. The van der Waals surface area contributed by atoms with Gasteiger partial charge in [-0.1, -0.05) is 44.2 Å². The van der Waals surface area contributed by atoms with Gasteiger partial charge in [-0.3, -0.25) is 4.99 Å². The van der Waals surface area contributed by atoms with E-state index in [1.165, 1.54) is 5.56 Å². The van der Waals surface area contributed by atoms with Gasteiger partial charge in [0.05, 0.1) is 6.10 Å². The average molecular weight is 305 g/mol. The van der Waals surface area contributed by atoms with Gasteiger partial charge in [0.15, 0.2) is 5.96 Å². The molecule has 0 heterocycles. The normalized spacial score (nSPS) is 13.3. The van der Waals surface area contributed by atoms with Crippen molar-refractivity contribution in [3.8, 4) is 0 Å². The predicted octanol–water partition coefficient (Wildman–Crippen LogP) is 3.15. The lowest BCUT2D eigenvalue weighted by Crippen LogP contribution is -2.40. The Morgan fingerprint density at radius 2 is 1.95 bits per heavy atom. The second-order valence-corrected chi connectivity index (χ2v) is 5.84. The lowest BCUT2D eigenvalue weighted by atomic mass is 10.0. The largest absolute Gasteiger partial charge is 0.378 e. The SMILES string of the molecule is CCOC(CCNC(=NC)N(C)Cc1ccccc1)C(C)C. The molecule has 0 saturated heterocycles. The molecule has 0 radical (unpaired) electrons. The van der Waals surface area contributed by atoms with Gasteiger partial charge in [-0.25, -0.2) is 0 Å². The topological polar surface area (TPSA) is 36.9 Å². The molecule has 0 amide bonds. The minimum Gasteiger partial charge on any atom is -0.378 e. The summed E-state index contributed by atoms with van der Waals surface area (Å²) in [7, 11) is 3.89. The number of aliphatic imine (C=N–C) groups is 1. The van der Waals surface area contributed by atoms with Crippen molar-refractivity contribution in [2.75, 3.05) is 27.2 Å². The molecule has 1 aromatic carbocycles. The van der Waals surface area contributed by atoms with Crippen molar-refractivity contribution in [3.05, 3.63) is 35.9 Å². The Balaban J connectivity index is 2.44. The molecule has 22 heavy (non-hydrogen) atoms. The first-order valence-corrected chi connectivity index (χ1v) is 8.15. The molecule has 124 valence electrons. The van der Waals surface area contributed by atoms with Crippen LogP contribution in [0.3, 0.4) is 0 Å². The summed E-state index contributed by atoms with van der Waals surface area (Å²) in [6, 6.07) is 10.4. The summed E-state index contributed by atoms with van der Waals surface area (Å²) in [4.78, 5) is 6.50. The van der Waals surface area contributed by atoms with Crippen molar-refractivity contribution in [1.82, 2.24) is 10.2 Å². The number of hydrogen-bond donors (Lipinski definition) is 1. The molecule has 0 saturated carbocycles. The molecule has 0 aliphatic rings. The Labute approximate surface area is 135 Å². The van der Waals surface area contributed by atoms with E-state index in [9.17, 15) is 0 Å². The van der Waals surface area contributed by atoms with Gasteiger partial charge in [0.1, 0.15) is 0 Å². The summed E-state index contributed by atoms with van der Waals surface area (Å²) in [5.74, 6) is 1.45. The fourth-order valence-electron chi connectivity index (χ4n) is 2.47. The number of benzene rings is 1. The second-order valence-electron chi connectivity index (χ2n) is 5.84. The Morgan fingerprint density at radius 1 is 1.27 bits per heavy atom. The van der Waals surface area contributed by atoms with Crippen LogP contribution in [0.15, 0.2) is 35.3 Å². The second kappa shape index (κ2) is 10.2. The highest BCUT2D eigenvalue weighted by molar-refractivity contribution is 5.79. The van der Waals surface area contributed by atoms with E-state index in [1.54, 1.807) is 0 Å². The Morgan fingerprint density at radius 3 is 2.50 bits per heavy atom. The predicted molar refractivity (Wildman–Crippen MR) is 94.1 cm³/mol. The van der Waals surface area contributed by atoms with Crippen LogP contribution in [-0.2, 0) is 11.3 Å². The number of nitrogens with one attached hydrogen (secondary N) is 1. The van der Waals surface area contributed by atoms with Crippen LogP contribution in [-0.4, -0.2) is 44.2 Å². The van der Waals surface area contributed by atoms with E-state index in [0.29, 0.717) is 12.0 Å². The molecule has 0 aliphatic carbocycles. The third kappa shape index (κ3) is 6.48. The van der Waals surface area contributed by atoms with Crippen LogP contribution in [0, 0.1) is 5.92 Å². The van der Waals surface area contributed by atoms with Gasteiger partial charge in [0.25, 0.3) is 0 Å². The fourth-order valence-corrected chi connectivity index (χ4v) is 2.47. The molecule has 4 nitrogen and oxygen atoms in total. The molecule has 0 fully saturated rings. The van der Waals surface area contributed by atoms with Crippen molar-refractivity contribution >= 4 is 5.96 Å². The van der Waals surface area contributed by atoms with Gasteiger partial charge in [-0.2, -0.15) is 0 Å². The number of rotatable bonds is 8. The number of ether oxygens (including phenoxy) is 1. The monoisotopic (exact) mass is 305 g/mol. The van der Waals surface area contributed by atoms with Crippen LogP contribution >= 0.6 is 0 Å². The maximum atomic E-state index is 5.78. The van der Waals surface area contributed by atoms with Crippen molar-refractivity contribution in [3.63, 3.8) is 0 Å². The lowest BCUT2D eigenvalue weighted by Gasteiger charge is -2.25. The van der Waals surface area contributed by atoms with Crippen LogP contribution in [0.4, 0.5) is 0 Å². The Bertz CT molecular complexity index is 431. The number of nitrogens with zero attached hydrogens (tertiary/aromatic N) is 2. The van der Waals surface area contributed by atoms with Crippen molar-refractivity contribution in [2.45, 2.75) is 39.8 Å². The van der Waals surface area contributed by atoms with E-state index in [4.69, 9.17) is 4.74 Å². The van der Waals surface area contributed by atoms with Gasteiger partial charge in [-0.05, 0) is 24.8 Å². The van der Waals surface area contributed by atoms with E-state index in [1.807, 2.05) is 13.1 Å². The third-order valence-electron chi connectivity index (χ3n) is 3.67. The maximum Gasteiger partial charge on any atom is 0.193 e. The van der Waals surface area contributed by atoms with E-state index >= 15 is 0 Å². The van der Waals surface area contributed by atoms with Crippen LogP contribution in [0.2, 0.25) is 0 Å². The zero-order valence-corrected chi connectivity index (χ0v) is 14.7. The molecule has 0 spiro atoms. The Kier molecular flexibility index (Phi) is 8.60. The molecular weight excluding hydrogens is 274 g/mol. The third-order valence-corrected chi connectivity index (χ3v) is 3.67. The highest BCUT2D eigenvalue weighted by Gasteiger charge is 2.13. The number of hydrogen-bond acceptors (Lipinski definition) is 2. The highest BCUT2D eigenvalue weighted by Crippen LogP contribution is 2.10. The van der Waals surface area contributed by atoms with Gasteiger partial charge < -0.3 is 15.0 Å². The smallest absolute Gasteiger partial charge is 0.193 e. The first kappa shape index (κ1) is 18.5. The van der Waals surface area contributed by atoms with Gasteiger partial charge in [0, 0.05) is 33.8 Å². The number of guanidine groups is 1. The van der Waals surface area contributed by atoms with Crippen LogP contribution in [0.1, 0.15) is 32.8 Å². The zero-order chi connectivity index (χ0) is 16.4. The molecule has 1 aromatic rings. The van der Waals surface area contributed by atoms with Crippen LogP contribution in [0.25, 0.3) is 0 Å². The molecular formula is C18H31N3O. The highest BCUT2D eigenvalue weighted by atomic mass is 16.5. The molecule has 4 heteroatoms. The van der Waals surface area contributed by atoms with Crippen LogP contribution in [0.5, 0.6) is 0 Å². The minimum absolute atomic E-state index is 0.301. The first-order chi connectivity index (χ1) is 10.6. The van der Waals surface area contributed by atoms with Crippen molar-refractivity contribution in [1.29, 1.82) is 0 Å². The minimum atomic E-state index is 0.301. The van der Waals surface area contributed by atoms with E-state index in [2.05, 4.69) is 67.3 Å². The summed E-state index contributed by atoms with van der Waals surface area (Å²) >= 11 is 0. The van der Waals surface area contributed by atoms with Crippen molar-refractivity contribution < 1.29 is 4.74 Å². The summed E-state index contributed by atoms with van der Waals surface area (Å²) in [6.45, 7) is 8.95.